The molecule has 108 valence electrons. The maximum atomic E-state index is 12.6. The molecular weight excluding hydrogens is 271 g/mol. The van der Waals surface area contributed by atoms with E-state index in [9.17, 15) is 22.8 Å². The van der Waals surface area contributed by atoms with Gasteiger partial charge in [0, 0.05) is 6.54 Å². The molecule has 0 radical (unpaired) electrons. The molecule has 1 amide bonds. The Balaban J connectivity index is 2.37. The van der Waals surface area contributed by atoms with Gasteiger partial charge in [0.2, 0.25) is 0 Å². The van der Waals surface area contributed by atoms with Crippen molar-refractivity contribution in [1.82, 2.24) is 0 Å². The molecule has 0 spiro atoms. The first-order valence-corrected chi connectivity index (χ1v) is 6.29. The zero-order chi connectivity index (χ0) is 15.1. The number of rotatable bonds is 3. The minimum Gasteiger partial charge on any atom is -0.305 e. The lowest BCUT2D eigenvalue weighted by Gasteiger charge is -2.18. The van der Waals surface area contributed by atoms with Gasteiger partial charge in [0.1, 0.15) is 0 Å². The van der Waals surface area contributed by atoms with Crippen LogP contribution in [0.3, 0.4) is 0 Å². The number of carbonyl (C=O) groups excluding carboxylic acids is 2. The Kier molecular flexibility index (Phi) is 3.58. The van der Waals surface area contributed by atoms with Gasteiger partial charge in [-0.25, -0.2) is 0 Å². The summed E-state index contributed by atoms with van der Waals surface area (Å²) in [6, 6.07) is 2.85. The number of Topliss-reactive ketones (excluding diaryl/α,β-unsaturated/α-hetero) is 1. The number of hydrogen-bond acceptors (Lipinski definition) is 2. The second kappa shape index (κ2) is 4.92. The van der Waals surface area contributed by atoms with E-state index in [2.05, 4.69) is 0 Å². The average Bonchev–Trinajstić information content (AvgIpc) is 2.58. The number of fused-ring (bicyclic) bond motifs is 1. The maximum Gasteiger partial charge on any atom is 0.416 e. The van der Waals surface area contributed by atoms with E-state index in [0.717, 1.165) is 12.1 Å². The van der Waals surface area contributed by atoms with Gasteiger partial charge < -0.3 is 4.90 Å². The third kappa shape index (κ3) is 2.55. The lowest BCUT2D eigenvalue weighted by Crippen LogP contribution is -2.31. The highest BCUT2D eigenvalue weighted by Crippen LogP contribution is 2.36. The Morgan fingerprint density at radius 3 is 2.40 bits per heavy atom. The zero-order valence-corrected chi connectivity index (χ0v) is 11.1. The van der Waals surface area contributed by atoms with Crippen molar-refractivity contribution >= 4 is 17.4 Å². The minimum atomic E-state index is -4.52. The van der Waals surface area contributed by atoms with Gasteiger partial charge in [0.15, 0.2) is 0 Å². The predicted molar refractivity (Wildman–Crippen MR) is 67.6 cm³/mol. The SMILES string of the molecule is CC(C)CCN1C(=O)C(=O)c2cc(C(F)(F)F)ccc21. The Labute approximate surface area is 114 Å². The molecule has 1 aliphatic heterocycles. The highest BCUT2D eigenvalue weighted by molar-refractivity contribution is 6.52. The minimum absolute atomic E-state index is 0.159. The summed E-state index contributed by atoms with van der Waals surface area (Å²) >= 11 is 0. The number of alkyl halides is 3. The molecule has 0 N–H and O–H groups in total. The molecule has 20 heavy (non-hydrogen) atoms. The summed E-state index contributed by atoms with van der Waals surface area (Å²) in [4.78, 5) is 24.9. The molecule has 1 aromatic rings. The number of benzene rings is 1. The van der Waals surface area contributed by atoms with E-state index in [-0.39, 0.29) is 11.3 Å². The Morgan fingerprint density at radius 2 is 1.85 bits per heavy atom. The number of nitrogens with zero attached hydrogens (tertiary/aromatic N) is 1. The summed E-state index contributed by atoms with van der Waals surface area (Å²) in [6.07, 6.45) is -3.84. The monoisotopic (exact) mass is 285 g/mol. The van der Waals surface area contributed by atoms with Crippen LogP contribution in [0.4, 0.5) is 18.9 Å². The first kappa shape index (κ1) is 14.6. The first-order valence-electron chi connectivity index (χ1n) is 6.29. The second-order valence-corrected chi connectivity index (χ2v) is 5.20. The molecule has 3 nitrogen and oxygen atoms in total. The number of halogens is 3. The molecule has 0 atom stereocenters. The largest absolute Gasteiger partial charge is 0.416 e. The summed E-state index contributed by atoms with van der Waals surface area (Å²) < 4.78 is 37.9. The molecule has 0 aromatic heterocycles. The van der Waals surface area contributed by atoms with E-state index in [1.54, 1.807) is 0 Å². The van der Waals surface area contributed by atoms with Crippen LogP contribution in [-0.4, -0.2) is 18.2 Å². The van der Waals surface area contributed by atoms with Gasteiger partial charge in [-0.2, -0.15) is 13.2 Å². The number of amides is 1. The zero-order valence-electron chi connectivity index (χ0n) is 11.1. The van der Waals surface area contributed by atoms with Crippen LogP contribution in [0.1, 0.15) is 36.2 Å². The Bertz CT molecular complexity index is 564. The van der Waals surface area contributed by atoms with Gasteiger partial charge in [-0.05, 0) is 30.5 Å². The average molecular weight is 285 g/mol. The molecule has 1 aliphatic rings. The fraction of sp³-hybridized carbons (Fsp3) is 0.429. The van der Waals surface area contributed by atoms with Crippen molar-refractivity contribution in [3.05, 3.63) is 29.3 Å². The topological polar surface area (TPSA) is 37.4 Å². The smallest absolute Gasteiger partial charge is 0.305 e. The van der Waals surface area contributed by atoms with Crippen molar-refractivity contribution in [1.29, 1.82) is 0 Å². The first-order chi connectivity index (χ1) is 9.21. The second-order valence-electron chi connectivity index (χ2n) is 5.20. The van der Waals surface area contributed by atoms with E-state index in [1.807, 2.05) is 13.8 Å². The highest BCUT2D eigenvalue weighted by atomic mass is 19.4. The van der Waals surface area contributed by atoms with E-state index >= 15 is 0 Å². The summed E-state index contributed by atoms with van der Waals surface area (Å²) in [5, 5.41) is 0. The molecule has 1 aromatic carbocycles. The normalized spacial score (nSPS) is 15.2. The van der Waals surface area contributed by atoms with Crippen LogP contribution in [0, 0.1) is 5.92 Å². The standard InChI is InChI=1S/C14H14F3NO2/c1-8(2)5-6-18-11-4-3-9(14(15,16)17)7-10(11)12(19)13(18)20/h3-4,7-8H,5-6H2,1-2H3. The summed E-state index contributed by atoms with van der Waals surface area (Å²) in [6.45, 7) is 4.27. The van der Waals surface area contributed by atoms with Gasteiger partial charge in [-0.1, -0.05) is 13.8 Å². The quantitative estimate of drug-likeness (QED) is 0.799. The lowest BCUT2D eigenvalue weighted by atomic mass is 10.1. The molecule has 0 saturated heterocycles. The van der Waals surface area contributed by atoms with Gasteiger partial charge in [-0.3, -0.25) is 9.59 Å². The highest BCUT2D eigenvalue weighted by Gasteiger charge is 2.39. The Morgan fingerprint density at radius 1 is 1.20 bits per heavy atom. The predicted octanol–water partition coefficient (Wildman–Crippen LogP) is 3.28. The van der Waals surface area contributed by atoms with Crippen LogP contribution >= 0.6 is 0 Å². The van der Waals surface area contributed by atoms with Crippen molar-refractivity contribution < 1.29 is 22.8 Å². The van der Waals surface area contributed by atoms with E-state index in [1.165, 1.54) is 11.0 Å². The van der Waals surface area contributed by atoms with Crippen LogP contribution in [-0.2, 0) is 11.0 Å². The van der Waals surface area contributed by atoms with Crippen molar-refractivity contribution in [3.8, 4) is 0 Å². The third-order valence-electron chi connectivity index (χ3n) is 3.23. The van der Waals surface area contributed by atoms with Gasteiger partial charge in [-0.15, -0.1) is 0 Å². The van der Waals surface area contributed by atoms with E-state index in [0.29, 0.717) is 18.9 Å². The van der Waals surface area contributed by atoms with Gasteiger partial charge >= 0.3 is 6.18 Å². The summed E-state index contributed by atoms with van der Waals surface area (Å²) in [7, 11) is 0. The molecule has 2 rings (SSSR count). The van der Waals surface area contributed by atoms with Crippen molar-refractivity contribution in [2.24, 2.45) is 5.92 Å². The molecular formula is C14H14F3NO2. The number of ketones is 1. The van der Waals surface area contributed by atoms with E-state index in [4.69, 9.17) is 0 Å². The van der Waals surface area contributed by atoms with Gasteiger partial charge in [0.05, 0.1) is 16.8 Å². The van der Waals surface area contributed by atoms with Crippen LogP contribution in [0.5, 0.6) is 0 Å². The maximum absolute atomic E-state index is 12.6. The van der Waals surface area contributed by atoms with Crippen molar-refractivity contribution in [3.63, 3.8) is 0 Å². The molecule has 0 aliphatic carbocycles. The van der Waals surface area contributed by atoms with Crippen LogP contribution in [0.25, 0.3) is 0 Å². The number of anilines is 1. The van der Waals surface area contributed by atoms with Crippen LogP contribution in [0.2, 0.25) is 0 Å². The molecule has 0 unspecified atom stereocenters. The number of carbonyl (C=O) groups is 2. The summed E-state index contributed by atoms with van der Waals surface area (Å²) in [5.41, 5.74) is -0.801. The molecule has 6 heteroatoms. The Hall–Kier alpha value is -1.85. The fourth-order valence-electron chi connectivity index (χ4n) is 2.09. The van der Waals surface area contributed by atoms with Crippen molar-refractivity contribution in [2.45, 2.75) is 26.4 Å². The van der Waals surface area contributed by atoms with Crippen LogP contribution in [0.15, 0.2) is 18.2 Å². The lowest BCUT2D eigenvalue weighted by molar-refractivity contribution is -0.137. The van der Waals surface area contributed by atoms with Crippen molar-refractivity contribution in [2.75, 3.05) is 11.4 Å². The number of hydrogen-bond donors (Lipinski definition) is 0. The van der Waals surface area contributed by atoms with Gasteiger partial charge in [0.25, 0.3) is 11.7 Å². The third-order valence-corrected chi connectivity index (χ3v) is 3.23. The fourth-order valence-corrected chi connectivity index (χ4v) is 2.09. The molecule has 0 fully saturated rings. The molecule has 1 heterocycles. The molecule has 0 saturated carbocycles. The molecule has 0 bridgehead atoms. The van der Waals surface area contributed by atoms with E-state index < -0.39 is 23.4 Å². The van der Waals surface area contributed by atoms with Crippen LogP contribution < -0.4 is 4.90 Å². The summed E-state index contributed by atoms with van der Waals surface area (Å²) in [5.74, 6) is -1.29.